The predicted octanol–water partition coefficient (Wildman–Crippen LogP) is 2.44. The van der Waals surface area contributed by atoms with Gasteiger partial charge in [-0.2, -0.15) is 5.10 Å². The number of hydrogen-bond acceptors (Lipinski definition) is 5. The Hall–Kier alpha value is -3.68. The van der Waals surface area contributed by atoms with Gasteiger partial charge in [0, 0.05) is 24.2 Å². The Morgan fingerprint density at radius 2 is 1.84 bits per heavy atom. The molecule has 1 aliphatic heterocycles. The van der Waals surface area contributed by atoms with Crippen LogP contribution < -0.4 is 21.4 Å². The Bertz CT molecular complexity index is 1020. The first-order valence-corrected chi connectivity index (χ1v) is 10.2. The van der Waals surface area contributed by atoms with Crippen molar-refractivity contribution in [1.82, 2.24) is 5.32 Å². The highest BCUT2D eigenvalue weighted by molar-refractivity contribution is 6.44. The molecule has 1 unspecified atom stereocenters. The number of hydrazone groups is 1. The number of nitrogens with zero attached hydrogens (tertiary/aromatic N) is 2. The molecule has 0 aromatic heterocycles. The number of nitrogens with two attached hydrogens (primary N) is 1. The van der Waals surface area contributed by atoms with Gasteiger partial charge in [-0.25, -0.2) is 0 Å². The predicted molar refractivity (Wildman–Crippen MR) is 121 cm³/mol. The highest BCUT2D eigenvalue weighted by Crippen LogP contribution is 2.25. The summed E-state index contributed by atoms with van der Waals surface area (Å²) in [6, 6.07) is 13.4. The summed E-state index contributed by atoms with van der Waals surface area (Å²) in [6.45, 7) is 6.46. The largest absolute Gasteiger partial charge is 0.368 e. The summed E-state index contributed by atoms with van der Waals surface area (Å²) in [7, 11) is 0. The van der Waals surface area contributed by atoms with Crippen LogP contribution in [0.4, 0.5) is 11.4 Å². The van der Waals surface area contributed by atoms with Crippen LogP contribution in [-0.2, 0) is 9.59 Å². The standard InChI is InChI=1S/C23H27N5O3/c1-14(2)13-25-22(30)16-9-10-18(15(3)11-16)26-23(31)19-12-20(21(24)29)28(27-19)17-7-5-4-6-8-17/h4-11,14,20H,12-13H2,1-3H3,(H2,24,29)(H,25,30)(H,26,31). The fourth-order valence-electron chi connectivity index (χ4n) is 3.23. The molecule has 8 heteroatoms. The molecule has 0 saturated carbocycles. The monoisotopic (exact) mass is 421 g/mol. The van der Waals surface area contributed by atoms with E-state index < -0.39 is 17.9 Å². The van der Waals surface area contributed by atoms with E-state index in [1.807, 2.05) is 39.0 Å². The molecule has 0 aliphatic carbocycles. The van der Waals surface area contributed by atoms with Gasteiger partial charge in [-0.15, -0.1) is 0 Å². The molecule has 0 radical (unpaired) electrons. The average Bonchev–Trinajstić information content (AvgIpc) is 3.20. The third kappa shape index (κ3) is 5.28. The molecule has 2 aromatic carbocycles. The van der Waals surface area contributed by atoms with E-state index in [4.69, 9.17) is 5.73 Å². The van der Waals surface area contributed by atoms with Gasteiger partial charge >= 0.3 is 0 Å². The van der Waals surface area contributed by atoms with Gasteiger partial charge in [-0.3, -0.25) is 19.4 Å². The van der Waals surface area contributed by atoms with Crippen molar-refractivity contribution < 1.29 is 14.4 Å². The van der Waals surface area contributed by atoms with Gasteiger partial charge in [0.2, 0.25) is 5.91 Å². The Morgan fingerprint density at radius 1 is 1.13 bits per heavy atom. The van der Waals surface area contributed by atoms with Gasteiger partial charge in [-0.05, 0) is 48.7 Å². The van der Waals surface area contributed by atoms with Crippen molar-refractivity contribution in [3.63, 3.8) is 0 Å². The van der Waals surface area contributed by atoms with Crippen LogP contribution in [0.2, 0.25) is 0 Å². The molecule has 4 N–H and O–H groups in total. The number of benzene rings is 2. The molecule has 3 amide bonds. The van der Waals surface area contributed by atoms with Crippen molar-refractivity contribution in [3.05, 3.63) is 59.7 Å². The van der Waals surface area contributed by atoms with Crippen molar-refractivity contribution >= 4 is 34.8 Å². The smallest absolute Gasteiger partial charge is 0.271 e. The number of primary amides is 1. The van der Waals surface area contributed by atoms with E-state index in [-0.39, 0.29) is 18.0 Å². The second-order valence-corrected chi connectivity index (χ2v) is 7.94. The molecule has 1 aliphatic rings. The maximum atomic E-state index is 12.8. The number of anilines is 2. The minimum Gasteiger partial charge on any atom is -0.368 e. The summed E-state index contributed by atoms with van der Waals surface area (Å²) < 4.78 is 0. The number of para-hydroxylation sites is 1. The average molecular weight is 422 g/mol. The van der Waals surface area contributed by atoms with Crippen molar-refractivity contribution in [2.45, 2.75) is 33.2 Å². The van der Waals surface area contributed by atoms with E-state index >= 15 is 0 Å². The summed E-state index contributed by atoms with van der Waals surface area (Å²) in [5.74, 6) is -0.763. The van der Waals surface area contributed by atoms with E-state index in [1.54, 1.807) is 30.3 Å². The Morgan fingerprint density at radius 3 is 2.45 bits per heavy atom. The highest BCUT2D eigenvalue weighted by atomic mass is 16.2. The Balaban J connectivity index is 1.73. The molecule has 0 bridgehead atoms. The van der Waals surface area contributed by atoms with E-state index in [2.05, 4.69) is 15.7 Å². The Labute approximate surface area is 181 Å². The van der Waals surface area contributed by atoms with Crippen LogP contribution in [0.1, 0.15) is 36.2 Å². The second kappa shape index (κ2) is 9.42. The molecule has 0 fully saturated rings. The van der Waals surface area contributed by atoms with Crippen molar-refractivity contribution in [1.29, 1.82) is 0 Å². The number of amides is 3. The lowest BCUT2D eigenvalue weighted by atomic mass is 10.1. The molecule has 3 rings (SSSR count). The SMILES string of the molecule is Cc1cc(C(=O)NCC(C)C)ccc1NC(=O)C1=NN(c2ccccc2)C(C(N)=O)C1. The summed E-state index contributed by atoms with van der Waals surface area (Å²) >= 11 is 0. The number of nitrogens with one attached hydrogen (secondary N) is 2. The maximum absolute atomic E-state index is 12.8. The molecule has 0 spiro atoms. The zero-order valence-electron chi connectivity index (χ0n) is 17.9. The zero-order valence-corrected chi connectivity index (χ0v) is 17.9. The van der Waals surface area contributed by atoms with Crippen molar-refractivity contribution in [2.24, 2.45) is 16.8 Å². The van der Waals surface area contributed by atoms with E-state index in [0.29, 0.717) is 29.4 Å². The van der Waals surface area contributed by atoms with Gasteiger partial charge < -0.3 is 16.4 Å². The second-order valence-electron chi connectivity index (χ2n) is 7.94. The van der Waals surface area contributed by atoms with Crippen LogP contribution in [0.5, 0.6) is 0 Å². The molecule has 8 nitrogen and oxygen atoms in total. The molecular formula is C23H27N5O3. The molecule has 0 saturated heterocycles. The third-order valence-electron chi connectivity index (χ3n) is 4.93. The third-order valence-corrected chi connectivity index (χ3v) is 4.93. The van der Waals surface area contributed by atoms with E-state index in [0.717, 1.165) is 5.56 Å². The van der Waals surface area contributed by atoms with Gasteiger partial charge in [0.25, 0.3) is 11.8 Å². The number of carbonyl (C=O) groups is 3. The molecular weight excluding hydrogens is 394 g/mol. The number of aryl methyl sites for hydroxylation is 1. The summed E-state index contributed by atoms with van der Waals surface area (Å²) in [5.41, 5.74) is 8.27. The van der Waals surface area contributed by atoms with Gasteiger partial charge in [-0.1, -0.05) is 32.0 Å². The highest BCUT2D eigenvalue weighted by Gasteiger charge is 2.35. The minimum absolute atomic E-state index is 0.116. The summed E-state index contributed by atoms with van der Waals surface area (Å²) in [6.07, 6.45) is 0.116. The van der Waals surface area contributed by atoms with Crippen molar-refractivity contribution in [3.8, 4) is 0 Å². The minimum atomic E-state index is -0.726. The fourth-order valence-corrected chi connectivity index (χ4v) is 3.23. The quantitative estimate of drug-likeness (QED) is 0.636. The first-order valence-electron chi connectivity index (χ1n) is 10.2. The molecule has 1 atom stereocenters. The molecule has 2 aromatic rings. The van der Waals surface area contributed by atoms with Crippen LogP contribution in [0, 0.1) is 12.8 Å². The van der Waals surface area contributed by atoms with Crippen LogP contribution in [0.15, 0.2) is 53.6 Å². The molecule has 31 heavy (non-hydrogen) atoms. The first kappa shape index (κ1) is 22.0. The number of hydrogen-bond donors (Lipinski definition) is 3. The van der Waals surface area contributed by atoms with Gasteiger partial charge in [0.15, 0.2) is 0 Å². The lowest BCUT2D eigenvalue weighted by Gasteiger charge is -2.20. The summed E-state index contributed by atoms with van der Waals surface area (Å²) in [5, 5.41) is 11.5. The number of carbonyl (C=O) groups excluding carboxylic acids is 3. The van der Waals surface area contributed by atoms with E-state index in [9.17, 15) is 14.4 Å². The number of rotatable bonds is 7. The molecule has 1 heterocycles. The van der Waals surface area contributed by atoms with Crippen LogP contribution in [0.25, 0.3) is 0 Å². The zero-order chi connectivity index (χ0) is 22.5. The van der Waals surface area contributed by atoms with Crippen LogP contribution in [0.3, 0.4) is 0 Å². The topological polar surface area (TPSA) is 117 Å². The van der Waals surface area contributed by atoms with E-state index in [1.165, 1.54) is 5.01 Å². The fraction of sp³-hybridized carbons (Fsp3) is 0.304. The lowest BCUT2D eigenvalue weighted by Crippen LogP contribution is -2.39. The van der Waals surface area contributed by atoms with Crippen LogP contribution >= 0.6 is 0 Å². The molecule has 162 valence electrons. The van der Waals surface area contributed by atoms with Crippen molar-refractivity contribution in [2.75, 3.05) is 16.9 Å². The van der Waals surface area contributed by atoms with Gasteiger partial charge in [0.1, 0.15) is 11.8 Å². The first-order chi connectivity index (χ1) is 14.8. The maximum Gasteiger partial charge on any atom is 0.271 e. The lowest BCUT2D eigenvalue weighted by molar-refractivity contribution is -0.119. The van der Waals surface area contributed by atoms with Gasteiger partial charge in [0.05, 0.1) is 5.69 Å². The van der Waals surface area contributed by atoms with Crippen LogP contribution in [-0.4, -0.2) is 36.0 Å². The Kier molecular flexibility index (Phi) is 6.69. The summed E-state index contributed by atoms with van der Waals surface area (Å²) in [4.78, 5) is 37.0. The normalized spacial score (nSPS) is 15.5.